The third-order valence-electron chi connectivity index (χ3n) is 5.22. The second kappa shape index (κ2) is 7.63. The maximum Gasteiger partial charge on any atom is 0.242 e. The normalized spacial score (nSPS) is 17.1. The Morgan fingerprint density at radius 3 is 2.41 bits per heavy atom. The van der Waals surface area contributed by atoms with E-state index >= 15 is 0 Å². The number of hydrogen-bond donors (Lipinski definition) is 1. The summed E-state index contributed by atoms with van der Waals surface area (Å²) in [7, 11) is 0. The van der Waals surface area contributed by atoms with Gasteiger partial charge >= 0.3 is 0 Å². The fourth-order valence-electron chi connectivity index (χ4n) is 3.41. The highest BCUT2D eigenvalue weighted by Gasteiger charge is 2.37. The average Bonchev–Trinajstić information content (AvgIpc) is 3.67. The van der Waals surface area contributed by atoms with Crippen molar-refractivity contribution in [2.75, 3.05) is 5.32 Å². The lowest BCUT2D eigenvalue weighted by molar-refractivity contribution is -0.115. The van der Waals surface area contributed by atoms with E-state index in [0.717, 1.165) is 29.4 Å². The lowest BCUT2D eigenvalue weighted by atomic mass is 10.1. The van der Waals surface area contributed by atoms with Crippen molar-refractivity contribution in [1.82, 2.24) is 14.8 Å². The van der Waals surface area contributed by atoms with Gasteiger partial charge in [-0.2, -0.15) is 0 Å². The average molecular weight is 409 g/mol. The Morgan fingerprint density at radius 2 is 1.76 bits per heavy atom. The second-order valence-electron chi connectivity index (χ2n) is 7.62. The molecule has 1 amide bonds. The zero-order chi connectivity index (χ0) is 19.8. The Balaban J connectivity index is 1.44. The van der Waals surface area contributed by atoms with Crippen molar-refractivity contribution >= 4 is 23.4 Å². The van der Waals surface area contributed by atoms with Crippen molar-refractivity contribution in [3.05, 3.63) is 71.8 Å². The van der Waals surface area contributed by atoms with Crippen LogP contribution in [0.15, 0.2) is 59.8 Å². The number of carbonyl (C=O) groups is 1. The summed E-state index contributed by atoms with van der Waals surface area (Å²) in [6, 6.07) is 15.9. The molecule has 5 nitrogen and oxygen atoms in total. The molecule has 1 atom stereocenters. The molecule has 2 aromatic carbocycles. The van der Waals surface area contributed by atoms with E-state index in [-0.39, 0.29) is 11.7 Å². The van der Waals surface area contributed by atoms with E-state index in [1.54, 1.807) is 12.1 Å². The van der Waals surface area contributed by atoms with Crippen molar-refractivity contribution in [2.24, 2.45) is 0 Å². The molecule has 3 aromatic rings. The summed E-state index contributed by atoms with van der Waals surface area (Å²) < 4.78 is 15.5. The van der Waals surface area contributed by atoms with Gasteiger partial charge < -0.3 is 9.88 Å². The Morgan fingerprint density at radius 1 is 1.03 bits per heavy atom. The summed E-state index contributed by atoms with van der Waals surface area (Å²) in [6.07, 6.45) is 4.62. The summed E-state index contributed by atoms with van der Waals surface area (Å²) in [4.78, 5) is 13.2. The number of hydrogen-bond acceptors (Lipinski definition) is 4. The summed E-state index contributed by atoms with van der Waals surface area (Å²) in [5, 5.41) is 12.1. The molecule has 29 heavy (non-hydrogen) atoms. The Kier molecular flexibility index (Phi) is 4.83. The molecule has 1 heterocycles. The summed E-state index contributed by atoms with van der Waals surface area (Å²) in [5.41, 5.74) is 1.47. The number of rotatable bonds is 7. The number of anilines is 1. The van der Waals surface area contributed by atoms with Crippen LogP contribution in [0.5, 0.6) is 0 Å². The minimum atomic E-state index is -0.477. The highest BCUT2D eigenvalue weighted by molar-refractivity contribution is 8.00. The Labute approximate surface area is 172 Å². The summed E-state index contributed by atoms with van der Waals surface area (Å²) in [5.74, 6) is 1.09. The fraction of sp³-hybridized carbons (Fsp3) is 0.318. The molecule has 0 spiro atoms. The molecule has 0 aliphatic heterocycles. The van der Waals surface area contributed by atoms with Crippen LogP contribution in [-0.4, -0.2) is 20.7 Å². The SMILES string of the molecule is O=C(Nc1ccc(F)cc1)[C@H](Sc1nnc(C2CC2)n1C1CC1)c1ccccc1. The van der Waals surface area contributed by atoms with Crippen molar-refractivity contribution in [1.29, 1.82) is 0 Å². The Hall–Kier alpha value is -2.67. The van der Waals surface area contributed by atoms with Gasteiger partial charge in [0, 0.05) is 17.6 Å². The van der Waals surface area contributed by atoms with E-state index in [0.29, 0.717) is 17.6 Å². The lowest BCUT2D eigenvalue weighted by Gasteiger charge is -2.17. The van der Waals surface area contributed by atoms with Crippen LogP contribution >= 0.6 is 11.8 Å². The monoisotopic (exact) mass is 408 g/mol. The molecule has 0 radical (unpaired) electrons. The summed E-state index contributed by atoms with van der Waals surface area (Å²) in [6.45, 7) is 0. The molecule has 1 aromatic heterocycles. The molecule has 148 valence electrons. The van der Waals surface area contributed by atoms with Gasteiger partial charge in [0.2, 0.25) is 5.91 Å². The number of halogens is 1. The first-order valence-corrected chi connectivity index (χ1v) is 10.8. The van der Waals surface area contributed by atoms with Crippen LogP contribution < -0.4 is 5.32 Å². The van der Waals surface area contributed by atoms with Gasteiger partial charge in [-0.1, -0.05) is 42.1 Å². The molecule has 2 aliphatic rings. The van der Waals surface area contributed by atoms with Crippen molar-refractivity contribution in [3.63, 3.8) is 0 Å². The maximum absolute atomic E-state index is 13.2. The highest BCUT2D eigenvalue weighted by Crippen LogP contribution is 2.47. The smallest absolute Gasteiger partial charge is 0.242 e. The van der Waals surface area contributed by atoms with Gasteiger partial charge in [-0.3, -0.25) is 4.79 Å². The zero-order valence-corrected chi connectivity index (χ0v) is 16.6. The van der Waals surface area contributed by atoms with Crippen LogP contribution in [0.2, 0.25) is 0 Å². The number of carbonyl (C=O) groups excluding carboxylic acids is 1. The number of nitrogens with zero attached hydrogens (tertiary/aromatic N) is 3. The number of amides is 1. The molecule has 0 unspecified atom stereocenters. The first kappa shape index (κ1) is 18.4. The predicted octanol–water partition coefficient (Wildman–Crippen LogP) is 5.10. The summed E-state index contributed by atoms with van der Waals surface area (Å²) >= 11 is 1.44. The first-order valence-electron chi connectivity index (χ1n) is 9.92. The minimum Gasteiger partial charge on any atom is -0.325 e. The molecule has 0 saturated heterocycles. The van der Waals surface area contributed by atoms with Crippen LogP contribution in [0.4, 0.5) is 10.1 Å². The maximum atomic E-state index is 13.2. The van der Waals surface area contributed by atoms with Gasteiger partial charge in [-0.25, -0.2) is 4.39 Å². The van der Waals surface area contributed by atoms with E-state index in [1.807, 2.05) is 30.3 Å². The third kappa shape index (κ3) is 4.05. The number of nitrogens with one attached hydrogen (secondary N) is 1. The van der Waals surface area contributed by atoms with E-state index in [9.17, 15) is 9.18 Å². The van der Waals surface area contributed by atoms with Crippen LogP contribution in [0, 0.1) is 5.82 Å². The van der Waals surface area contributed by atoms with Gasteiger partial charge in [0.25, 0.3) is 0 Å². The third-order valence-corrected chi connectivity index (χ3v) is 6.43. The molecule has 5 rings (SSSR count). The number of benzene rings is 2. The van der Waals surface area contributed by atoms with Crippen molar-refractivity contribution < 1.29 is 9.18 Å². The van der Waals surface area contributed by atoms with Gasteiger partial charge in [-0.05, 0) is 55.5 Å². The van der Waals surface area contributed by atoms with E-state index in [2.05, 4.69) is 20.1 Å². The molecule has 2 aliphatic carbocycles. The van der Waals surface area contributed by atoms with E-state index in [4.69, 9.17) is 0 Å². The number of thioether (sulfide) groups is 1. The molecule has 2 fully saturated rings. The molecule has 0 bridgehead atoms. The van der Waals surface area contributed by atoms with E-state index in [1.165, 1.54) is 36.7 Å². The van der Waals surface area contributed by atoms with E-state index < -0.39 is 5.25 Å². The Bertz CT molecular complexity index is 1010. The van der Waals surface area contributed by atoms with Crippen LogP contribution in [0.1, 0.15) is 54.3 Å². The number of aromatic nitrogens is 3. The molecule has 2 saturated carbocycles. The molecule has 1 N–H and O–H groups in total. The van der Waals surface area contributed by atoms with Crippen molar-refractivity contribution in [3.8, 4) is 0 Å². The zero-order valence-electron chi connectivity index (χ0n) is 15.8. The van der Waals surface area contributed by atoms with Crippen LogP contribution in [0.25, 0.3) is 0 Å². The van der Waals surface area contributed by atoms with Gasteiger partial charge in [0.1, 0.15) is 16.9 Å². The predicted molar refractivity (Wildman–Crippen MR) is 110 cm³/mol. The molecule has 7 heteroatoms. The highest BCUT2D eigenvalue weighted by atomic mass is 32.2. The molecular weight excluding hydrogens is 387 g/mol. The van der Waals surface area contributed by atoms with Gasteiger partial charge in [-0.15, -0.1) is 10.2 Å². The van der Waals surface area contributed by atoms with Gasteiger partial charge in [0.05, 0.1) is 0 Å². The van der Waals surface area contributed by atoms with Crippen LogP contribution in [0.3, 0.4) is 0 Å². The minimum absolute atomic E-state index is 0.161. The topological polar surface area (TPSA) is 59.8 Å². The second-order valence-corrected chi connectivity index (χ2v) is 8.69. The standard InChI is InChI=1S/C22H21FN4OS/c23-16-8-10-17(11-9-16)24-21(28)19(14-4-2-1-3-5-14)29-22-26-25-20(15-6-7-15)27(22)18-12-13-18/h1-5,8-11,15,18-19H,6-7,12-13H2,(H,24,28)/t19-/m1/s1. The van der Waals surface area contributed by atoms with Gasteiger partial charge in [0.15, 0.2) is 5.16 Å². The first-order chi connectivity index (χ1) is 14.2. The van der Waals surface area contributed by atoms with Crippen molar-refractivity contribution in [2.45, 2.75) is 48.0 Å². The quantitative estimate of drug-likeness (QED) is 0.553. The molecular formula is C22H21FN4OS. The van der Waals surface area contributed by atoms with Crippen LogP contribution in [-0.2, 0) is 4.79 Å². The largest absolute Gasteiger partial charge is 0.325 e. The lowest BCUT2D eigenvalue weighted by Crippen LogP contribution is -2.19. The fourth-order valence-corrected chi connectivity index (χ4v) is 4.53.